The lowest BCUT2D eigenvalue weighted by atomic mass is 9.81. The van der Waals surface area contributed by atoms with Crippen LogP contribution in [0.25, 0.3) is 22.0 Å². The van der Waals surface area contributed by atoms with E-state index in [9.17, 15) is 17.6 Å². The fourth-order valence-corrected chi connectivity index (χ4v) is 6.98. The van der Waals surface area contributed by atoms with E-state index in [0.29, 0.717) is 32.2 Å². The summed E-state index contributed by atoms with van der Waals surface area (Å²) in [7, 11) is 1.84. The van der Waals surface area contributed by atoms with Crippen LogP contribution in [0.3, 0.4) is 0 Å². The predicted molar refractivity (Wildman–Crippen MR) is 152 cm³/mol. The van der Waals surface area contributed by atoms with Gasteiger partial charge >= 0.3 is 12.2 Å². The van der Waals surface area contributed by atoms with Gasteiger partial charge in [-0.2, -0.15) is 23.1 Å². The summed E-state index contributed by atoms with van der Waals surface area (Å²) in [5.74, 6) is -4.66. The van der Waals surface area contributed by atoms with Gasteiger partial charge in [0.25, 0.3) is 0 Å². The molecule has 0 spiro atoms. The highest BCUT2D eigenvalue weighted by molar-refractivity contribution is 6.32. The molecule has 2 bridgehead atoms. The molecule has 15 heteroatoms. The minimum atomic E-state index is -5.29. The van der Waals surface area contributed by atoms with Crippen molar-refractivity contribution < 1.29 is 35.5 Å². The molecule has 2 aromatic carbocycles. The molecule has 4 heterocycles. The number of halogens is 8. The Morgan fingerprint density at radius 2 is 1.75 bits per heavy atom. The normalized spacial score (nSPS) is 26.0. The Labute approximate surface area is 253 Å². The summed E-state index contributed by atoms with van der Waals surface area (Å²) in [6, 6.07) is 1.10. The molecule has 3 aromatic rings. The Kier molecular flexibility index (Phi) is 7.77. The smallest absolute Gasteiger partial charge is 0.418 e. The number of rotatable bonds is 5. The third-order valence-electron chi connectivity index (χ3n) is 8.82. The molecule has 238 valence electrons. The Morgan fingerprint density at radius 3 is 2.41 bits per heavy atom. The first-order valence-electron chi connectivity index (χ1n) is 14.2. The number of piperazine rings is 1. The highest BCUT2D eigenvalue weighted by Gasteiger charge is 2.42. The Morgan fingerprint density at radius 1 is 1.07 bits per heavy atom. The van der Waals surface area contributed by atoms with E-state index in [1.165, 1.54) is 0 Å². The Bertz CT molecular complexity index is 1610. The van der Waals surface area contributed by atoms with Crippen molar-refractivity contribution >= 4 is 34.0 Å². The number of aromatic nitrogens is 2. The maximum atomic E-state index is 16.4. The van der Waals surface area contributed by atoms with Gasteiger partial charge in [-0.1, -0.05) is 18.5 Å². The first-order valence-corrected chi connectivity index (χ1v) is 14.5. The SMILES string of the molecule is CN1CC[C@@H](F)[C@](C)(COc2nc(N3C[C@H]4CC[C@@H](C3)N4)c3cc(F)c(-c4c(F)c(N)cc(Cl)c4C(F)(F)F)c(F)c3n2)C1. The van der Waals surface area contributed by atoms with Crippen LogP contribution in [0.4, 0.5) is 42.2 Å². The molecule has 0 aliphatic carbocycles. The topological polar surface area (TPSA) is 79.5 Å². The lowest BCUT2D eigenvalue weighted by Gasteiger charge is -2.40. The second-order valence-corrected chi connectivity index (χ2v) is 12.7. The quantitative estimate of drug-likeness (QED) is 0.261. The van der Waals surface area contributed by atoms with Gasteiger partial charge in [0.05, 0.1) is 21.8 Å². The molecule has 0 unspecified atom stereocenters. The lowest BCUT2D eigenvalue weighted by Crippen LogP contribution is -2.51. The highest BCUT2D eigenvalue weighted by atomic mass is 35.5. The standard InChI is InChI=1S/C29H30ClF7N6O/c1-28(11-42(2)6-5-19(28)32)12-44-27-40-25-15(26(41-27)43-9-13-3-4-14(10-43)39-13)7-17(31)20(24(25)34)21-22(29(35,36)37)16(30)8-18(38)23(21)33/h7-8,13-14,19,39H,3-6,9-12,38H2,1-2H3/t13-,14+,19-,28+/m1/s1. The van der Waals surface area contributed by atoms with E-state index in [0.717, 1.165) is 18.9 Å². The van der Waals surface area contributed by atoms with Crippen molar-refractivity contribution in [3.63, 3.8) is 0 Å². The molecule has 3 aliphatic heterocycles. The first kappa shape index (κ1) is 30.9. The molecule has 3 N–H and O–H groups in total. The minimum absolute atomic E-state index is 0.0824. The van der Waals surface area contributed by atoms with Crippen molar-refractivity contribution in [1.82, 2.24) is 20.2 Å². The van der Waals surface area contributed by atoms with Crippen LogP contribution in [0.15, 0.2) is 12.1 Å². The molecule has 0 amide bonds. The van der Waals surface area contributed by atoms with Crippen molar-refractivity contribution in [3.05, 3.63) is 40.2 Å². The Balaban J connectivity index is 1.53. The van der Waals surface area contributed by atoms with Crippen LogP contribution in [-0.2, 0) is 6.18 Å². The maximum absolute atomic E-state index is 16.4. The fourth-order valence-electron chi connectivity index (χ4n) is 6.66. The zero-order valence-corrected chi connectivity index (χ0v) is 24.6. The molecule has 4 atom stereocenters. The number of fused-ring (bicyclic) bond motifs is 3. The predicted octanol–water partition coefficient (Wildman–Crippen LogP) is 5.97. The molecule has 44 heavy (non-hydrogen) atoms. The van der Waals surface area contributed by atoms with Crippen LogP contribution >= 0.6 is 11.6 Å². The average Bonchev–Trinajstić information content (AvgIpc) is 3.28. The maximum Gasteiger partial charge on any atom is 0.418 e. The highest BCUT2D eigenvalue weighted by Crippen LogP contribution is 2.47. The van der Waals surface area contributed by atoms with Crippen LogP contribution in [-0.4, -0.2) is 73.0 Å². The number of ether oxygens (including phenoxy) is 1. The number of nitrogens with two attached hydrogens (primary N) is 1. The molecule has 0 saturated carbocycles. The van der Waals surface area contributed by atoms with E-state index in [1.54, 1.807) is 11.8 Å². The van der Waals surface area contributed by atoms with E-state index in [-0.39, 0.29) is 42.3 Å². The number of nitrogens with zero attached hydrogens (tertiary/aromatic N) is 4. The summed E-state index contributed by atoms with van der Waals surface area (Å²) in [6.45, 7) is 3.28. The second kappa shape index (κ2) is 11.1. The molecule has 0 radical (unpaired) electrons. The number of piperidine rings is 1. The van der Waals surface area contributed by atoms with E-state index in [2.05, 4.69) is 15.3 Å². The first-order chi connectivity index (χ1) is 20.7. The summed E-state index contributed by atoms with van der Waals surface area (Å²) in [5.41, 5.74) is -1.43. The summed E-state index contributed by atoms with van der Waals surface area (Å²) >= 11 is 5.80. The number of alkyl halides is 4. The van der Waals surface area contributed by atoms with Gasteiger partial charge in [0.2, 0.25) is 0 Å². The molecule has 3 saturated heterocycles. The largest absolute Gasteiger partial charge is 0.463 e. The van der Waals surface area contributed by atoms with Crippen molar-refractivity contribution in [3.8, 4) is 17.1 Å². The number of hydrogen-bond donors (Lipinski definition) is 2. The summed E-state index contributed by atoms with van der Waals surface area (Å²) in [5, 5.41) is 2.27. The van der Waals surface area contributed by atoms with E-state index >= 15 is 13.2 Å². The number of hydrogen-bond acceptors (Lipinski definition) is 7. The van der Waals surface area contributed by atoms with Crippen LogP contribution in [0.2, 0.25) is 5.02 Å². The molecular formula is C29H30ClF7N6O. The van der Waals surface area contributed by atoms with Crippen molar-refractivity contribution in [2.45, 2.75) is 50.6 Å². The van der Waals surface area contributed by atoms with Crippen LogP contribution < -0.4 is 20.7 Å². The van der Waals surface area contributed by atoms with Crippen LogP contribution in [0, 0.1) is 22.9 Å². The monoisotopic (exact) mass is 646 g/mol. The number of nitrogen functional groups attached to an aromatic ring is 1. The average molecular weight is 647 g/mol. The number of likely N-dealkylation sites (tertiary alicyclic amines) is 1. The summed E-state index contributed by atoms with van der Waals surface area (Å²) in [6.07, 6.45) is -4.47. The molecule has 6 rings (SSSR count). The van der Waals surface area contributed by atoms with Gasteiger partial charge in [-0.25, -0.2) is 17.6 Å². The van der Waals surface area contributed by atoms with Gasteiger partial charge < -0.3 is 25.6 Å². The van der Waals surface area contributed by atoms with Crippen molar-refractivity contribution in [1.29, 1.82) is 0 Å². The van der Waals surface area contributed by atoms with Gasteiger partial charge in [0.15, 0.2) is 11.6 Å². The third kappa shape index (κ3) is 5.38. The van der Waals surface area contributed by atoms with Gasteiger partial charge in [0, 0.05) is 54.6 Å². The third-order valence-corrected chi connectivity index (χ3v) is 9.12. The van der Waals surface area contributed by atoms with E-state index < -0.39 is 68.1 Å². The number of benzene rings is 2. The molecule has 3 aliphatic rings. The molecule has 7 nitrogen and oxygen atoms in total. The molecular weight excluding hydrogens is 617 g/mol. The molecule has 1 aromatic heterocycles. The van der Waals surface area contributed by atoms with Gasteiger partial charge in [-0.05, 0) is 38.4 Å². The van der Waals surface area contributed by atoms with Crippen molar-refractivity contribution in [2.24, 2.45) is 5.41 Å². The zero-order chi connectivity index (χ0) is 31.7. The molecule has 3 fully saturated rings. The summed E-state index contributed by atoms with van der Waals surface area (Å²) in [4.78, 5) is 12.3. The van der Waals surface area contributed by atoms with E-state index in [1.807, 2.05) is 11.9 Å². The fraction of sp³-hybridized carbons (Fsp3) is 0.517. The van der Waals surface area contributed by atoms with E-state index in [4.69, 9.17) is 22.1 Å². The Hall–Kier alpha value is -3.10. The van der Waals surface area contributed by atoms with Crippen LogP contribution in [0.5, 0.6) is 6.01 Å². The zero-order valence-electron chi connectivity index (χ0n) is 23.8. The second-order valence-electron chi connectivity index (χ2n) is 12.3. The van der Waals surface area contributed by atoms with Crippen LogP contribution in [0.1, 0.15) is 31.7 Å². The number of nitrogens with one attached hydrogen (secondary N) is 1. The van der Waals surface area contributed by atoms with Gasteiger partial charge in [-0.3, -0.25) is 0 Å². The van der Waals surface area contributed by atoms with Gasteiger partial charge in [-0.15, -0.1) is 0 Å². The van der Waals surface area contributed by atoms with Gasteiger partial charge in [0.1, 0.15) is 29.9 Å². The van der Waals surface area contributed by atoms with Crippen molar-refractivity contribution in [2.75, 3.05) is 50.5 Å². The number of anilines is 2. The lowest BCUT2D eigenvalue weighted by molar-refractivity contribution is -0.137. The summed E-state index contributed by atoms with van der Waals surface area (Å²) < 4.78 is 111. The minimum Gasteiger partial charge on any atom is -0.463 e.